The van der Waals surface area contributed by atoms with Crippen LogP contribution in [-0.2, 0) is 9.53 Å². The van der Waals surface area contributed by atoms with Crippen molar-refractivity contribution in [2.75, 3.05) is 13.1 Å². The largest absolute Gasteiger partial charge is 0.444 e. The first-order valence-corrected chi connectivity index (χ1v) is 7.34. The normalized spacial score (nSPS) is 20.5. The summed E-state index contributed by atoms with van der Waals surface area (Å²) in [5, 5.41) is 0. The average molecular weight is 269 g/mol. The van der Waals surface area contributed by atoms with Gasteiger partial charge < -0.3 is 9.64 Å². The second-order valence-corrected chi connectivity index (χ2v) is 6.34. The van der Waals surface area contributed by atoms with Crippen LogP contribution in [-0.4, -0.2) is 35.5 Å². The van der Waals surface area contributed by atoms with Crippen molar-refractivity contribution in [1.29, 1.82) is 0 Å². The van der Waals surface area contributed by atoms with Gasteiger partial charge in [-0.1, -0.05) is 26.2 Å². The van der Waals surface area contributed by atoms with Crippen molar-refractivity contribution in [2.24, 2.45) is 5.92 Å². The number of nitrogens with zero attached hydrogens (tertiary/aromatic N) is 1. The second kappa shape index (κ2) is 6.92. The summed E-state index contributed by atoms with van der Waals surface area (Å²) in [5.41, 5.74) is -0.476. The molecule has 1 aliphatic rings. The van der Waals surface area contributed by atoms with Gasteiger partial charge in [0.15, 0.2) is 0 Å². The molecule has 1 fully saturated rings. The molecule has 1 unspecified atom stereocenters. The predicted molar refractivity (Wildman–Crippen MR) is 75.1 cm³/mol. The van der Waals surface area contributed by atoms with Gasteiger partial charge in [-0.2, -0.15) is 0 Å². The van der Waals surface area contributed by atoms with Crippen molar-refractivity contribution in [2.45, 2.75) is 65.4 Å². The standard InChI is InChI=1S/C15H27NO3/c1-5-6-7-8-12-11-16(10-9-13(12)17)14(18)19-15(2,3)4/h12H,5-11H2,1-4H3. The first kappa shape index (κ1) is 16.0. The Hall–Kier alpha value is -1.06. The number of amides is 1. The minimum Gasteiger partial charge on any atom is -0.444 e. The third-order valence-corrected chi connectivity index (χ3v) is 3.33. The number of hydrogen-bond donors (Lipinski definition) is 0. The molecule has 4 heteroatoms. The molecular weight excluding hydrogens is 242 g/mol. The van der Waals surface area contributed by atoms with E-state index >= 15 is 0 Å². The molecule has 1 rings (SSSR count). The summed E-state index contributed by atoms with van der Waals surface area (Å²) in [6.45, 7) is 8.75. The van der Waals surface area contributed by atoms with Crippen molar-refractivity contribution >= 4 is 11.9 Å². The lowest BCUT2D eigenvalue weighted by Crippen LogP contribution is -2.46. The SMILES string of the molecule is CCCCCC1CN(C(=O)OC(C)(C)C)CCC1=O. The van der Waals surface area contributed by atoms with E-state index in [1.807, 2.05) is 20.8 Å². The van der Waals surface area contributed by atoms with E-state index in [0.29, 0.717) is 25.3 Å². The summed E-state index contributed by atoms with van der Waals surface area (Å²) >= 11 is 0. The molecule has 0 aromatic rings. The van der Waals surface area contributed by atoms with Crippen LogP contribution in [0.3, 0.4) is 0 Å². The lowest BCUT2D eigenvalue weighted by molar-refractivity contribution is -0.126. The van der Waals surface area contributed by atoms with Crippen LogP contribution < -0.4 is 0 Å². The van der Waals surface area contributed by atoms with Crippen LogP contribution in [0.25, 0.3) is 0 Å². The summed E-state index contributed by atoms with van der Waals surface area (Å²) in [7, 11) is 0. The van der Waals surface area contributed by atoms with E-state index in [0.717, 1.165) is 25.7 Å². The van der Waals surface area contributed by atoms with E-state index in [9.17, 15) is 9.59 Å². The predicted octanol–water partition coefficient (Wildman–Crippen LogP) is 3.39. The van der Waals surface area contributed by atoms with Crippen molar-refractivity contribution < 1.29 is 14.3 Å². The van der Waals surface area contributed by atoms with Crippen LogP contribution >= 0.6 is 0 Å². The number of rotatable bonds is 4. The Morgan fingerprint density at radius 3 is 2.63 bits per heavy atom. The van der Waals surface area contributed by atoms with Gasteiger partial charge in [-0.15, -0.1) is 0 Å². The van der Waals surface area contributed by atoms with E-state index in [1.165, 1.54) is 0 Å². The summed E-state index contributed by atoms with van der Waals surface area (Å²) in [4.78, 5) is 25.5. The first-order valence-electron chi connectivity index (χ1n) is 7.34. The Labute approximate surface area is 116 Å². The molecule has 110 valence electrons. The van der Waals surface area contributed by atoms with Crippen LogP contribution in [0.1, 0.15) is 59.8 Å². The molecule has 0 bridgehead atoms. The molecule has 1 aliphatic heterocycles. The maximum absolute atomic E-state index is 12.0. The monoisotopic (exact) mass is 269 g/mol. The highest BCUT2D eigenvalue weighted by Gasteiger charge is 2.31. The highest BCUT2D eigenvalue weighted by Crippen LogP contribution is 2.21. The maximum atomic E-state index is 12.0. The number of unbranched alkanes of at least 4 members (excludes halogenated alkanes) is 2. The van der Waals surface area contributed by atoms with Gasteiger partial charge in [-0.05, 0) is 27.2 Å². The number of carbonyl (C=O) groups is 2. The molecule has 0 aliphatic carbocycles. The Bertz CT molecular complexity index is 320. The molecule has 1 amide bonds. The summed E-state index contributed by atoms with van der Waals surface area (Å²) in [6, 6.07) is 0. The third kappa shape index (κ3) is 5.62. The van der Waals surface area contributed by atoms with Gasteiger partial charge in [0, 0.05) is 25.4 Å². The molecule has 19 heavy (non-hydrogen) atoms. The Kier molecular flexibility index (Phi) is 5.83. The fourth-order valence-corrected chi connectivity index (χ4v) is 2.29. The third-order valence-electron chi connectivity index (χ3n) is 3.33. The topological polar surface area (TPSA) is 46.6 Å². The fraction of sp³-hybridized carbons (Fsp3) is 0.867. The van der Waals surface area contributed by atoms with E-state index in [2.05, 4.69) is 6.92 Å². The van der Waals surface area contributed by atoms with Crippen LogP contribution in [0.4, 0.5) is 4.79 Å². The lowest BCUT2D eigenvalue weighted by Gasteiger charge is -2.33. The van der Waals surface area contributed by atoms with Gasteiger partial charge in [0.2, 0.25) is 0 Å². The number of hydrogen-bond acceptors (Lipinski definition) is 3. The van der Waals surface area contributed by atoms with Crippen LogP contribution in [0.5, 0.6) is 0 Å². The number of likely N-dealkylation sites (tertiary alicyclic amines) is 1. The van der Waals surface area contributed by atoms with Gasteiger partial charge >= 0.3 is 6.09 Å². The Balaban J connectivity index is 2.49. The minimum atomic E-state index is -0.476. The highest BCUT2D eigenvalue weighted by atomic mass is 16.6. The van der Waals surface area contributed by atoms with E-state index in [4.69, 9.17) is 4.74 Å². The smallest absolute Gasteiger partial charge is 0.410 e. The second-order valence-electron chi connectivity index (χ2n) is 6.34. The van der Waals surface area contributed by atoms with Crippen molar-refractivity contribution in [1.82, 2.24) is 4.90 Å². The van der Waals surface area contributed by atoms with E-state index in [-0.39, 0.29) is 12.0 Å². The summed E-state index contributed by atoms with van der Waals surface area (Å²) in [6.07, 6.45) is 4.43. The van der Waals surface area contributed by atoms with Crippen LogP contribution in [0, 0.1) is 5.92 Å². The van der Waals surface area contributed by atoms with Crippen molar-refractivity contribution in [3.05, 3.63) is 0 Å². The molecule has 0 saturated carbocycles. The van der Waals surface area contributed by atoms with Crippen molar-refractivity contribution in [3.8, 4) is 0 Å². The van der Waals surface area contributed by atoms with E-state index < -0.39 is 5.60 Å². The van der Waals surface area contributed by atoms with Gasteiger partial charge in [-0.25, -0.2) is 4.79 Å². The quantitative estimate of drug-likeness (QED) is 0.735. The minimum absolute atomic E-state index is 0.00724. The first-order chi connectivity index (χ1) is 8.83. The van der Waals surface area contributed by atoms with Crippen LogP contribution in [0.15, 0.2) is 0 Å². The van der Waals surface area contributed by atoms with Crippen molar-refractivity contribution in [3.63, 3.8) is 0 Å². The molecule has 0 radical (unpaired) electrons. The fourth-order valence-electron chi connectivity index (χ4n) is 2.29. The number of piperidine rings is 1. The maximum Gasteiger partial charge on any atom is 0.410 e. The molecule has 0 aromatic carbocycles. The number of Topliss-reactive ketones (excluding diaryl/α,β-unsaturated/α-hetero) is 1. The molecule has 0 aromatic heterocycles. The molecular formula is C15H27NO3. The molecule has 1 saturated heterocycles. The zero-order valence-electron chi connectivity index (χ0n) is 12.7. The molecule has 0 N–H and O–H groups in total. The Morgan fingerprint density at radius 2 is 2.05 bits per heavy atom. The Morgan fingerprint density at radius 1 is 1.37 bits per heavy atom. The number of ether oxygens (including phenoxy) is 1. The zero-order chi connectivity index (χ0) is 14.5. The molecule has 0 spiro atoms. The van der Waals surface area contributed by atoms with Gasteiger partial charge in [-0.3, -0.25) is 4.79 Å². The molecule has 1 heterocycles. The van der Waals surface area contributed by atoms with E-state index in [1.54, 1.807) is 4.90 Å². The number of carbonyl (C=O) groups excluding carboxylic acids is 2. The number of ketones is 1. The zero-order valence-corrected chi connectivity index (χ0v) is 12.7. The summed E-state index contributed by atoms with van der Waals surface area (Å²) in [5.74, 6) is 0.309. The summed E-state index contributed by atoms with van der Waals surface area (Å²) < 4.78 is 5.36. The van der Waals surface area contributed by atoms with Gasteiger partial charge in [0.1, 0.15) is 11.4 Å². The average Bonchev–Trinajstić information content (AvgIpc) is 2.29. The highest BCUT2D eigenvalue weighted by molar-refractivity contribution is 5.84. The lowest BCUT2D eigenvalue weighted by atomic mass is 9.91. The molecule has 4 nitrogen and oxygen atoms in total. The van der Waals surface area contributed by atoms with Gasteiger partial charge in [0.05, 0.1) is 0 Å². The molecule has 1 atom stereocenters. The van der Waals surface area contributed by atoms with Gasteiger partial charge in [0.25, 0.3) is 0 Å². The van der Waals surface area contributed by atoms with Crippen LogP contribution in [0.2, 0.25) is 0 Å².